The number of nitrogens with two attached hydrogens (primary N) is 1. The van der Waals surface area contributed by atoms with Crippen molar-refractivity contribution in [2.24, 2.45) is 0 Å². The number of pyridine rings is 2. The van der Waals surface area contributed by atoms with Gasteiger partial charge in [0.1, 0.15) is 5.82 Å². The number of nitrogen functional groups attached to an aromatic ring is 1. The lowest BCUT2D eigenvalue weighted by atomic mass is 10.0. The lowest BCUT2D eigenvalue weighted by Gasteiger charge is -2.09. The molecule has 0 spiro atoms. The molecule has 2 N–H and O–H groups in total. The summed E-state index contributed by atoms with van der Waals surface area (Å²) < 4.78 is 49.3. The normalized spacial score (nSPS) is 11.7. The van der Waals surface area contributed by atoms with E-state index in [2.05, 4.69) is 15.1 Å². The van der Waals surface area contributed by atoms with Crippen LogP contribution in [0, 0.1) is 12.7 Å². The van der Waals surface area contributed by atoms with Gasteiger partial charge in [0.05, 0.1) is 30.4 Å². The van der Waals surface area contributed by atoms with Crippen LogP contribution in [0.1, 0.15) is 11.1 Å². The minimum absolute atomic E-state index is 0.145. The lowest BCUT2D eigenvalue weighted by molar-refractivity contribution is 0.400. The summed E-state index contributed by atoms with van der Waals surface area (Å²) in [6.07, 6.45) is 8.21. The molecule has 6 rings (SSSR count). The zero-order valence-electron chi connectivity index (χ0n) is 22.2. The summed E-state index contributed by atoms with van der Waals surface area (Å²) in [5, 5.41) is 5.04. The molecule has 0 radical (unpaired) electrons. The van der Waals surface area contributed by atoms with Crippen LogP contribution in [0.3, 0.4) is 0 Å². The third-order valence-electron chi connectivity index (χ3n) is 6.77. The summed E-state index contributed by atoms with van der Waals surface area (Å²) in [7, 11) is -2.48. The van der Waals surface area contributed by atoms with Gasteiger partial charge in [-0.1, -0.05) is 29.8 Å². The Balaban J connectivity index is 1.50. The average molecular weight is 569 g/mol. The number of methoxy groups -OCH3 is 1. The highest BCUT2D eigenvalue weighted by Crippen LogP contribution is 2.35. The molecular formula is C30H25FN6O3S. The van der Waals surface area contributed by atoms with E-state index in [4.69, 9.17) is 10.5 Å². The van der Waals surface area contributed by atoms with E-state index in [1.54, 1.807) is 72.1 Å². The first-order valence-corrected chi connectivity index (χ1v) is 14.1. The van der Waals surface area contributed by atoms with Crippen LogP contribution < -0.4 is 10.5 Å². The minimum Gasteiger partial charge on any atom is -0.480 e. The van der Waals surface area contributed by atoms with E-state index in [9.17, 15) is 12.8 Å². The van der Waals surface area contributed by atoms with Gasteiger partial charge in [0.25, 0.3) is 10.0 Å². The smallest absolute Gasteiger partial charge is 0.269 e. The molecule has 11 heteroatoms. The van der Waals surface area contributed by atoms with E-state index in [-0.39, 0.29) is 16.4 Å². The summed E-state index contributed by atoms with van der Waals surface area (Å²) in [6, 6.07) is 16.5. The largest absolute Gasteiger partial charge is 0.480 e. The topological polar surface area (TPSA) is 118 Å². The molecule has 0 aliphatic rings. The first-order chi connectivity index (χ1) is 19.7. The van der Waals surface area contributed by atoms with Gasteiger partial charge in [0, 0.05) is 52.4 Å². The molecule has 41 heavy (non-hydrogen) atoms. The third kappa shape index (κ3) is 4.91. The number of ether oxygens (including phenoxy) is 1. The van der Waals surface area contributed by atoms with Crippen molar-refractivity contribution in [3.63, 3.8) is 0 Å². The van der Waals surface area contributed by atoms with Crippen molar-refractivity contribution in [3.8, 4) is 28.1 Å². The highest BCUT2D eigenvalue weighted by Gasteiger charge is 2.24. The van der Waals surface area contributed by atoms with E-state index < -0.39 is 10.0 Å². The van der Waals surface area contributed by atoms with E-state index in [1.807, 2.05) is 19.1 Å². The van der Waals surface area contributed by atoms with E-state index >= 15 is 0 Å². The molecule has 206 valence electrons. The lowest BCUT2D eigenvalue weighted by Crippen LogP contribution is -2.12. The molecule has 0 atom stereocenters. The van der Waals surface area contributed by atoms with Crippen LogP contribution >= 0.6 is 0 Å². The van der Waals surface area contributed by atoms with Crippen molar-refractivity contribution in [3.05, 3.63) is 109 Å². The number of fused-ring (bicyclic) bond motifs is 1. The molecular weight excluding hydrogens is 543 g/mol. The van der Waals surface area contributed by atoms with Crippen LogP contribution in [0.2, 0.25) is 0 Å². The van der Waals surface area contributed by atoms with Crippen molar-refractivity contribution in [1.82, 2.24) is 23.7 Å². The van der Waals surface area contributed by atoms with Gasteiger partial charge in [0.15, 0.2) is 5.65 Å². The second kappa shape index (κ2) is 10.2. The Morgan fingerprint density at radius 3 is 2.41 bits per heavy atom. The fraction of sp³-hybridized carbons (Fsp3) is 0.100. The predicted molar refractivity (Wildman–Crippen MR) is 154 cm³/mol. The first-order valence-electron chi connectivity index (χ1n) is 12.6. The molecule has 0 bridgehead atoms. The van der Waals surface area contributed by atoms with Crippen molar-refractivity contribution in [1.29, 1.82) is 0 Å². The molecule has 2 aromatic carbocycles. The maximum absolute atomic E-state index is 13.8. The zero-order chi connectivity index (χ0) is 28.7. The Morgan fingerprint density at radius 2 is 1.68 bits per heavy atom. The molecule has 9 nitrogen and oxygen atoms in total. The third-order valence-corrected chi connectivity index (χ3v) is 8.44. The molecule has 0 fully saturated rings. The Morgan fingerprint density at radius 1 is 0.927 bits per heavy atom. The quantitative estimate of drug-likeness (QED) is 0.278. The Bertz CT molecular complexity index is 2020. The number of hydrogen-bond donors (Lipinski definition) is 1. The molecule has 4 aromatic heterocycles. The first kappa shape index (κ1) is 26.2. The van der Waals surface area contributed by atoms with Crippen LogP contribution in [-0.2, 0) is 16.6 Å². The van der Waals surface area contributed by atoms with Gasteiger partial charge in [-0.2, -0.15) is 5.10 Å². The van der Waals surface area contributed by atoms with Crippen molar-refractivity contribution >= 4 is 26.7 Å². The van der Waals surface area contributed by atoms with Crippen molar-refractivity contribution < 1.29 is 17.5 Å². The predicted octanol–water partition coefficient (Wildman–Crippen LogP) is 5.29. The Hall–Kier alpha value is -5.03. The number of aryl methyl sites for hydroxylation is 1. The number of anilines is 1. The van der Waals surface area contributed by atoms with Crippen LogP contribution in [-0.4, -0.2) is 39.2 Å². The fourth-order valence-corrected chi connectivity index (χ4v) is 6.01. The molecule has 0 saturated heterocycles. The van der Waals surface area contributed by atoms with Gasteiger partial charge in [-0.3, -0.25) is 4.68 Å². The summed E-state index contributed by atoms with van der Waals surface area (Å²) in [6.45, 7) is 2.24. The average Bonchev–Trinajstić information content (AvgIpc) is 3.58. The van der Waals surface area contributed by atoms with E-state index in [0.29, 0.717) is 45.8 Å². The molecule has 0 aliphatic heterocycles. The highest BCUT2D eigenvalue weighted by molar-refractivity contribution is 7.90. The zero-order valence-corrected chi connectivity index (χ0v) is 23.0. The Kier molecular flexibility index (Phi) is 6.50. The van der Waals surface area contributed by atoms with Crippen LogP contribution in [0.5, 0.6) is 5.88 Å². The number of hydrogen-bond acceptors (Lipinski definition) is 7. The number of rotatable bonds is 7. The number of benzene rings is 2. The van der Waals surface area contributed by atoms with E-state index in [1.165, 1.54) is 23.2 Å². The second-order valence-electron chi connectivity index (χ2n) is 9.63. The van der Waals surface area contributed by atoms with Gasteiger partial charge in [-0.05, 0) is 48.9 Å². The molecule has 0 amide bonds. The fourth-order valence-electron chi connectivity index (χ4n) is 4.68. The summed E-state index contributed by atoms with van der Waals surface area (Å²) in [5.74, 6) is -0.0175. The molecule has 4 heterocycles. The van der Waals surface area contributed by atoms with Gasteiger partial charge >= 0.3 is 0 Å². The van der Waals surface area contributed by atoms with Crippen molar-refractivity contribution in [2.45, 2.75) is 18.4 Å². The van der Waals surface area contributed by atoms with E-state index in [0.717, 1.165) is 11.1 Å². The second-order valence-corrected chi connectivity index (χ2v) is 11.4. The van der Waals surface area contributed by atoms with Gasteiger partial charge < -0.3 is 10.5 Å². The number of nitrogens with zero attached hydrogens (tertiary/aromatic N) is 5. The van der Waals surface area contributed by atoms with Crippen molar-refractivity contribution in [2.75, 3.05) is 12.8 Å². The standard InChI is InChI=1S/C30H25FN6O3S/c1-19-6-8-25(9-7-19)41(38,39)37-18-27(23-15-35-36(17-23)16-20-4-3-5-24(31)10-20)26-11-21(13-33-29(26)37)22-12-28(32)30(40-2)34-14-22/h3-15,17-18H,16,32H2,1-2H3. The highest BCUT2D eigenvalue weighted by atomic mass is 32.2. The van der Waals surface area contributed by atoms with Gasteiger partial charge in [-0.25, -0.2) is 26.7 Å². The molecule has 6 aromatic rings. The summed E-state index contributed by atoms with van der Waals surface area (Å²) in [5.41, 5.74) is 11.1. The monoisotopic (exact) mass is 568 g/mol. The van der Waals surface area contributed by atoms with Crippen LogP contribution in [0.15, 0.2) is 96.5 Å². The van der Waals surface area contributed by atoms with Crippen LogP contribution in [0.25, 0.3) is 33.3 Å². The Labute approximate surface area is 235 Å². The molecule has 0 aliphatic carbocycles. The SMILES string of the molecule is COc1ncc(-c2cnc3c(c2)c(-c2cnn(Cc4cccc(F)c4)c2)cn3S(=O)(=O)c2ccc(C)cc2)cc1N. The summed E-state index contributed by atoms with van der Waals surface area (Å²) in [4.78, 5) is 8.99. The molecule has 0 saturated carbocycles. The number of aromatic nitrogens is 5. The molecule has 0 unspecified atom stereocenters. The van der Waals surface area contributed by atoms with Crippen LogP contribution in [0.4, 0.5) is 10.1 Å². The summed E-state index contributed by atoms with van der Waals surface area (Å²) >= 11 is 0. The minimum atomic E-state index is -3.97. The van der Waals surface area contributed by atoms with Gasteiger partial charge in [0.2, 0.25) is 5.88 Å². The maximum atomic E-state index is 13.8. The maximum Gasteiger partial charge on any atom is 0.269 e. The van der Waals surface area contributed by atoms with Gasteiger partial charge in [-0.15, -0.1) is 0 Å². The number of halogens is 1.